The number of rotatable bonds is 6. The monoisotopic (exact) mass is 410 g/mol. The average molecular weight is 410 g/mol. The summed E-state index contributed by atoms with van der Waals surface area (Å²) in [7, 11) is 1.35. The van der Waals surface area contributed by atoms with Crippen LogP contribution in [0.15, 0.2) is 54.6 Å². The molecule has 0 heterocycles. The van der Waals surface area contributed by atoms with Crippen molar-refractivity contribution >= 4 is 34.0 Å². The van der Waals surface area contributed by atoms with E-state index >= 15 is 0 Å². The van der Waals surface area contributed by atoms with Crippen molar-refractivity contribution < 1.29 is 29.1 Å². The molecule has 154 valence electrons. The van der Waals surface area contributed by atoms with Gasteiger partial charge in [-0.05, 0) is 35.9 Å². The molecule has 1 amide bonds. The van der Waals surface area contributed by atoms with Gasteiger partial charge in [0.05, 0.1) is 17.7 Å². The first kappa shape index (κ1) is 20.6. The molecule has 0 spiro atoms. The number of ether oxygens (including phenoxy) is 2. The second-order valence-electron chi connectivity index (χ2n) is 6.39. The normalized spacial score (nSPS) is 11.5. The topological polar surface area (TPSA) is 128 Å². The highest BCUT2D eigenvalue weighted by atomic mass is 16.6. The van der Waals surface area contributed by atoms with Gasteiger partial charge >= 0.3 is 5.97 Å². The van der Waals surface area contributed by atoms with Gasteiger partial charge in [-0.3, -0.25) is 14.9 Å². The lowest BCUT2D eigenvalue weighted by molar-refractivity contribution is -0.384. The molecule has 1 atom stereocenters. The first-order valence-electron chi connectivity index (χ1n) is 8.86. The van der Waals surface area contributed by atoms with Gasteiger partial charge in [-0.1, -0.05) is 24.3 Å². The molecule has 0 saturated heterocycles. The number of phenols is 1. The number of hydrogen-bond acceptors (Lipinski definition) is 7. The molecule has 0 saturated carbocycles. The van der Waals surface area contributed by atoms with Crippen LogP contribution in [-0.4, -0.2) is 35.1 Å². The molecule has 0 radical (unpaired) electrons. The van der Waals surface area contributed by atoms with E-state index in [-0.39, 0.29) is 28.4 Å². The van der Waals surface area contributed by atoms with Crippen molar-refractivity contribution in [2.75, 3.05) is 12.4 Å². The zero-order chi connectivity index (χ0) is 21.8. The van der Waals surface area contributed by atoms with Gasteiger partial charge in [0, 0.05) is 12.1 Å². The molecule has 0 fully saturated rings. The second kappa shape index (κ2) is 8.48. The molecule has 3 aromatic rings. The van der Waals surface area contributed by atoms with Gasteiger partial charge in [-0.2, -0.15) is 0 Å². The molecule has 0 bridgehead atoms. The Morgan fingerprint density at radius 3 is 2.40 bits per heavy atom. The minimum Gasteiger partial charge on any atom is -0.507 e. The van der Waals surface area contributed by atoms with Gasteiger partial charge in [0.2, 0.25) is 0 Å². The highest BCUT2D eigenvalue weighted by Gasteiger charge is 2.23. The number of nitrogens with one attached hydrogen (secondary N) is 1. The standard InChI is InChI=1S/C21H18N2O7/c1-12(20(25)22-17-11-15(23(27)28)7-8-19(17)29-2)30-21(26)16-9-13-5-3-4-6-14(13)10-18(16)24/h3-12,24H,1-2H3,(H,22,25)/t12-/m0/s1. The number of carbonyl (C=O) groups is 2. The number of fused-ring (bicyclic) bond motifs is 1. The number of benzene rings is 3. The molecule has 2 N–H and O–H groups in total. The van der Waals surface area contributed by atoms with Crippen LogP contribution in [0.1, 0.15) is 17.3 Å². The first-order valence-corrected chi connectivity index (χ1v) is 8.86. The Hall–Kier alpha value is -4.14. The maximum Gasteiger partial charge on any atom is 0.342 e. The van der Waals surface area contributed by atoms with Gasteiger partial charge in [0.15, 0.2) is 6.10 Å². The number of nitrogens with zero attached hydrogens (tertiary/aromatic N) is 1. The Morgan fingerprint density at radius 1 is 1.10 bits per heavy atom. The fourth-order valence-corrected chi connectivity index (χ4v) is 2.81. The summed E-state index contributed by atoms with van der Waals surface area (Å²) in [5.74, 6) is -1.67. The molecule has 0 aliphatic rings. The maximum absolute atomic E-state index is 12.5. The molecule has 0 aliphatic carbocycles. The van der Waals surface area contributed by atoms with Crippen LogP contribution in [0, 0.1) is 10.1 Å². The predicted molar refractivity (Wildman–Crippen MR) is 109 cm³/mol. The molecule has 3 rings (SSSR count). The summed E-state index contributed by atoms with van der Waals surface area (Å²) in [4.78, 5) is 35.3. The molecule has 0 unspecified atom stereocenters. The number of anilines is 1. The van der Waals surface area contributed by atoms with Crippen molar-refractivity contribution in [3.8, 4) is 11.5 Å². The lowest BCUT2D eigenvalue weighted by Crippen LogP contribution is -2.30. The van der Waals surface area contributed by atoms with Gasteiger partial charge in [-0.25, -0.2) is 4.79 Å². The highest BCUT2D eigenvalue weighted by molar-refractivity contribution is 6.01. The van der Waals surface area contributed by atoms with Crippen molar-refractivity contribution in [3.05, 3.63) is 70.3 Å². The fourth-order valence-electron chi connectivity index (χ4n) is 2.81. The largest absolute Gasteiger partial charge is 0.507 e. The molecular weight excluding hydrogens is 392 g/mol. The van der Waals surface area contributed by atoms with Crippen LogP contribution in [0.25, 0.3) is 10.8 Å². The maximum atomic E-state index is 12.5. The Kier molecular flexibility index (Phi) is 5.82. The van der Waals surface area contributed by atoms with Crippen LogP contribution in [0.3, 0.4) is 0 Å². The molecule has 9 nitrogen and oxygen atoms in total. The third-order valence-corrected chi connectivity index (χ3v) is 4.39. The summed E-state index contributed by atoms with van der Waals surface area (Å²) < 4.78 is 10.3. The van der Waals surface area contributed by atoms with E-state index in [1.165, 1.54) is 38.3 Å². The molecular formula is C21H18N2O7. The number of nitro groups is 1. The van der Waals surface area contributed by atoms with Gasteiger partial charge in [0.25, 0.3) is 11.6 Å². The van der Waals surface area contributed by atoms with E-state index < -0.39 is 22.9 Å². The number of carbonyl (C=O) groups excluding carboxylic acids is 2. The number of esters is 1. The van der Waals surface area contributed by atoms with Crippen molar-refractivity contribution in [2.45, 2.75) is 13.0 Å². The van der Waals surface area contributed by atoms with Crippen molar-refractivity contribution in [1.82, 2.24) is 0 Å². The van der Waals surface area contributed by atoms with Crippen LogP contribution in [0.4, 0.5) is 11.4 Å². The lowest BCUT2D eigenvalue weighted by Gasteiger charge is -2.15. The van der Waals surface area contributed by atoms with Gasteiger partial charge in [0.1, 0.15) is 17.1 Å². The van der Waals surface area contributed by atoms with E-state index in [2.05, 4.69) is 5.32 Å². The highest BCUT2D eigenvalue weighted by Crippen LogP contribution is 2.29. The number of phenolic OH excluding ortho intramolecular Hbond substituents is 1. The van der Waals surface area contributed by atoms with E-state index in [0.29, 0.717) is 0 Å². The van der Waals surface area contributed by atoms with Gasteiger partial charge < -0.3 is 19.9 Å². The number of nitro benzene ring substituents is 1. The second-order valence-corrected chi connectivity index (χ2v) is 6.39. The van der Waals surface area contributed by atoms with E-state index in [4.69, 9.17) is 9.47 Å². The molecule has 9 heteroatoms. The average Bonchev–Trinajstić information content (AvgIpc) is 2.72. The summed E-state index contributed by atoms with van der Waals surface area (Å²) >= 11 is 0. The van der Waals surface area contributed by atoms with Crippen LogP contribution in [0.2, 0.25) is 0 Å². The Bertz CT molecular complexity index is 1140. The third-order valence-electron chi connectivity index (χ3n) is 4.39. The van der Waals surface area contributed by atoms with Crippen LogP contribution in [0.5, 0.6) is 11.5 Å². The molecule has 0 aromatic heterocycles. The summed E-state index contributed by atoms with van der Waals surface area (Å²) in [6.45, 7) is 1.34. The van der Waals surface area contributed by atoms with Crippen molar-refractivity contribution in [1.29, 1.82) is 0 Å². The first-order chi connectivity index (χ1) is 14.3. The van der Waals surface area contributed by atoms with Gasteiger partial charge in [-0.15, -0.1) is 0 Å². The van der Waals surface area contributed by atoms with E-state index in [1.54, 1.807) is 24.3 Å². The van der Waals surface area contributed by atoms with Crippen molar-refractivity contribution in [3.63, 3.8) is 0 Å². The minimum absolute atomic E-state index is 0.0631. The number of aromatic hydroxyl groups is 1. The van der Waals surface area contributed by atoms with Crippen LogP contribution >= 0.6 is 0 Å². The Labute approximate surface area is 171 Å². The molecule has 30 heavy (non-hydrogen) atoms. The van der Waals surface area contributed by atoms with Crippen molar-refractivity contribution in [2.24, 2.45) is 0 Å². The zero-order valence-electron chi connectivity index (χ0n) is 16.1. The van der Waals surface area contributed by atoms with E-state index in [9.17, 15) is 24.8 Å². The van der Waals surface area contributed by atoms with Crippen LogP contribution in [-0.2, 0) is 9.53 Å². The summed E-state index contributed by atoms with van der Waals surface area (Å²) in [6, 6.07) is 13.8. The number of hydrogen-bond donors (Lipinski definition) is 2. The fraction of sp³-hybridized carbons (Fsp3) is 0.143. The Balaban J connectivity index is 1.76. The SMILES string of the molecule is COc1ccc([N+](=O)[O-])cc1NC(=O)[C@H](C)OC(=O)c1cc2ccccc2cc1O. The van der Waals surface area contributed by atoms with E-state index in [0.717, 1.165) is 16.8 Å². The smallest absolute Gasteiger partial charge is 0.342 e. The minimum atomic E-state index is -1.24. The third kappa shape index (κ3) is 4.30. The number of non-ortho nitro benzene ring substituents is 1. The lowest BCUT2D eigenvalue weighted by atomic mass is 10.1. The summed E-state index contributed by atoms with van der Waals surface area (Å²) in [5, 5.41) is 25.0. The zero-order valence-corrected chi connectivity index (χ0v) is 16.1. The quantitative estimate of drug-likeness (QED) is 0.361. The predicted octanol–water partition coefficient (Wildman–Crippen LogP) is 3.65. The molecule has 3 aromatic carbocycles. The Morgan fingerprint density at radius 2 is 1.77 bits per heavy atom. The van der Waals surface area contributed by atoms with Crippen LogP contribution < -0.4 is 10.1 Å². The van der Waals surface area contributed by atoms with E-state index in [1.807, 2.05) is 0 Å². The molecule has 0 aliphatic heterocycles. The number of amides is 1. The summed E-state index contributed by atoms with van der Waals surface area (Å²) in [6.07, 6.45) is -1.24. The number of methoxy groups -OCH3 is 1. The summed E-state index contributed by atoms with van der Waals surface area (Å²) in [5.41, 5.74) is -0.258.